The lowest BCUT2D eigenvalue weighted by molar-refractivity contribution is 0.0962. The number of thiophene rings is 1. The van der Waals surface area contributed by atoms with E-state index in [1.54, 1.807) is 6.07 Å². The van der Waals surface area contributed by atoms with Gasteiger partial charge in [0, 0.05) is 34.6 Å². The summed E-state index contributed by atoms with van der Waals surface area (Å²) >= 11 is 7.32. The van der Waals surface area contributed by atoms with Crippen LogP contribution in [0.2, 0.25) is 5.15 Å². The van der Waals surface area contributed by atoms with Crippen LogP contribution in [0.4, 0.5) is 5.69 Å². The molecule has 0 saturated heterocycles. The monoisotopic (exact) mass is 397 g/mol. The topological polar surface area (TPSA) is 89.0 Å². The van der Waals surface area contributed by atoms with Crippen LogP contribution in [0.25, 0.3) is 21.0 Å². The zero-order valence-electron chi connectivity index (χ0n) is 13.8. The molecular formula is C18H12ClN5O2S. The molecule has 0 saturated carbocycles. The Morgan fingerprint density at radius 2 is 1.93 bits per heavy atom. The number of anilines is 1. The van der Waals surface area contributed by atoms with E-state index in [9.17, 15) is 4.79 Å². The highest BCUT2D eigenvalue weighted by atomic mass is 35.5. The third kappa shape index (κ3) is 2.83. The van der Waals surface area contributed by atoms with Crippen LogP contribution in [-0.4, -0.2) is 33.9 Å². The molecule has 0 atom stereocenters. The molecule has 5 rings (SSSR count). The number of pyridine rings is 1. The molecule has 27 heavy (non-hydrogen) atoms. The van der Waals surface area contributed by atoms with Gasteiger partial charge in [0.1, 0.15) is 4.88 Å². The lowest BCUT2D eigenvalue weighted by Gasteiger charge is -2.07. The number of nitrogens with one attached hydrogen (secondary N) is 2. The van der Waals surface area contributed by atoms with E-state index in [-0.39, 0.29) is 16.9 Å². The number of ether oxygens (including phenoxy) is 1. The molecule has 0 unspecified atom stereocenters. The third-order valence-electron chi connectivity index (χ3n) is 4.21. The van der Waals surface area contributed by atoms with Crippen molar-refractivity contribution in [3.8, 4) is 11.8 Å². The van der Waals surface area contributed by atoms with E-state index in [1.807, 2.05) is 18.2 Å². The second-order valence-electron chi connectivity index (χ2n) is 5.93. The number of benzene rings is 1. The standard InChI is InChI=1S/C18H12ClN5O2S/c19-12-7-20-8-14(24-12)26-13-4-1-9-10(23-13)2-3-11-15(9)16-17(27-11)18(25)22-6-5-21-16/h1-4,7-8,21H,5-6H2,(H,22,25). The number of rotatable bonds is 2. The molecule has 2 N–H and O–H groups in total. The first-order valence-corrected chi connectivity index (χ1v) is 9.42. The number of fused-ring (bicyclic) bond motifs is 5. The zero-order valence-corrected chi connectivity index (χ0v) is 15.4. The summed E-state index contributed by atoms with van der Waals surface area (Å²) in [4.78, 5) is 25.6. The van der Waals surface area contributed by atoms with Crippen molar-refractivity contribution in [1.29, 1.82) is 0 Å². The van der Waals surface area contributed by atoms with Gasteiger partial charge in [0.05, 0.1) is 23.6 Å². The van der Waals surface area contributed by atoms with Crippen molar-refractivity contribution in [3.63, 3.8) is 0 Å². The van der Waals surface area contributed by atoms with Crippen molar-refractivity contribution < 1.29 is 9.53 Å². The maximum Gasteiger partial charge on any atom is 0.263 e. The fraction of sp³-hybridized carbons (Fsp3) is 0.111. The van der Waals surface area contributed by atoms with Crippen molar-refractivity contribution in [2.75, 3.05) is 18.4 Å². The van der Waals surface area contributed by atoms with Gasteiger partial charge in [-0.25, -0.2) is 4.98 Å². The summed E-state index contributed by atoms with van der Waals surface area (Å²) in [6.45, 7) is 1.28. The highest BCUT2D eigenvalue weighted by molar-refractivity contribution is 7.21. The highest BCUT2D eigenvalue weighted by Crippen LogP contribution is 2.41. The van der Waals surface area contributed by atoms with E-state index < -0.39 is 0 Å². The smallest absolute Gasteiger partial charge is 0.263 e. The molecule has 134 valence electrons. The number of hydrogen-bond donors (Lipinski definition) is 2. The van der Waals surface area contributed by atoms with Crippen LogP contribution in [0.3, 0.4) is 0 Å². The molecule has 7 nitrogen and oxygen atoms in total. The predicted molar refractivity (Wildman–Crippen MR) is 105 cm³/mol. The van der Waals surface area contributed by atoms with Crippen molar-refractivity contribution in [2.45, 2.75) is 0 Å². The average molecular weight is 398 g/mol. The largest absolute Gasteiger partial charge is 0.419 e. The van der Waals surface area contributed by atoms with Gasteiger partial charge in [0.2, 0.25) is 11.8 Å². The number of halogens is 1. The second-order valence-corrected chi connectivity index (χ2v) is 7.37. The Morgan fingerprint density at radius 3 is 2.81 bits per heavy atom. The van der Waals surface area contributed by atoms with Gasteiger partial charge in [0.25, 0.3) is 5.91 Å². The summed E-state index contributed by atoms with van der Waals surface area (Å²) in [6, 6.07) is 7.60. The summed E-state index contributed by atoms with van der Waals surface area (Å²) in [7, 11) is 0. The normalized spacial score (nSPS) is 13.7. The molecule has 1 amide bonds. The van der Waals surface area contributed by atoms with E-state index in [0.29, 0.717) is 23.8 Å². The van der Waals surface area contributed by atoms with Crippen LogP contribution in [0.5, 0.6) is 11.8 Å². The molecule has 4 aromatic rings. The minimum absolute atomic E-state index is 0.0446. The van der Waals surface area contributed by atoms with E-state index in [2.05, 4.69) is 25.6 Å². The van der Waals surface area contributed by atoms with Crippen LogP contribution in [0.1, 0.15) is 9.67 Å². The van der Waals surface area contributed by atoms with Crippen molar-refractivity contribution >= 4 is 55.5 Å². The molecule has 0 fully saturated rings. The van der Waals surface area contributed by atoms with Crippen molar-refractivity contribution in [2.24, 2.45) is 0 Å². The van der Waals surface area contributed by atoms with Crippen LogP contribution in [-0.2, 0) is 0 Å². The summed E-state index contributed by atoms with van der Waals surface area (Å²) in [5, 5.41) is 8.48. The highest BCUT2D eigenvalue weighted by Gasteiger charge is 2.22. The molecule has 0 aliphatic carbocycles. The fourth-order valence-electron chi connectivity index (χ4n) is 3.09. The van der Waals surface area contributed by atoms with Gasteiger partial charge < -0.3 is 15.4 Å². The van der Waals surface area contributed by atoms with Gasteiger partial charge in [-0.3, -0.25) is 9.78 Å². The first kappa shape index (κ1) is 16.2. The van der Waals surface area contributed by atoms with Gasteiger partial charge in [-0.05, 0) is 18.2 Å². The lowest BCUT2D eigenvalue weighted by Crippen LogP contribution is -2.24. The van der Waals surface area contributed by atoms with Crippen LogP contribution < -0.4 is 15.4 Å². The molecular weight excluding hydrogens is 386 g/mol. The Balaban J connectivity index is 1.63. The maximum absolute atomic E-state index is 12.3. The molecule has 4 heterocycles. The minimum atomic E-state index is -0.0446. The van der Waals surface area contributed by atoms with Gasteiger partial charge in [-0.15, -0.1) is 11.3 Å². The predicted octanol–water partition coefficient (Wildman–Crippen LogP) is 3.84. The number of aromatic nitrogens is 3. The molecule has 0 bridgehead atoms. The van der Waals surface area contributed by atoms with Gasteiger partial charge in [-0.1, -0.05) is 11.6 Å². The van der Waals surface area contributed by atoms with Crippen LogP contribution >= 0.6 is 22.9 Å². The number of nitrogens with zero attached hydrogens (tertiary/aromatic N) is 3. The maximum atomic E-state index is 12.3. The van der Waals surface area contributed by atoms with E-state index in [4.69, 9.17) is 16.3 Å². The second kappa shape index (κ2) is 6.33. The van der Waals surface area contributed by atoms with Crippen molar-refractivity contribution in [3.05, 3.63) is 46.7 Å². The van der Waals surface area contributed by atoms with E-state index in [0.717, 1.165) is 26.7 Å². The summed E-state index contributed by atoms with van der Waals surface area (Å²) in [5.41, 5.74) is 1.63. The Morgan fingerprint density at radius 1 is 1.04 bits per heavy atom. The van der Waals surface area contributed by atoms with E-state index in [1.165, 1.54) is 23.7 Å². The first-order valence-electron chi connectivity index (χ1n) is 8.23. The Labute approximate surface area is 162 Å². The minimum Gasteiger partial charge on any atom is -0.419 e. The third-order valence-corrected chi connectivity index (χ3v) is 5.54. The molecule has 0 radical (unpaired) electrons. The van der Waals surface area contributed by atoms with Gasteiger partial charge in [0.15, 0.2) is 5.15 Å². The van der Waals surface area contributed by atoms with Crippen molar-refractivity contribution in [1.82, 2.24) is 20.3 Å². The Kier molecular flexibility index (Phi) is 3.80. The Bertz CT molecular complexity index is 1210. The van der Waals surface area contributed by atoms with Crippen LogP contribution in [0.15, 0.2) is 36.7 Å². The SMILES string of the molecule is O=C1NCCNc2c1sc1ccc3nc(Oc4cncc(Cl)n4)ccc3c21. The molecule has 9 heteroatoms. The number of hydrogen-bond acceptors (Lipinski definition) is 7. The van der Waals surface area contributed by atoms with E-state index >= 15 is 0 Å². The fourth-order valence-corrected chi connectivity index (χ4v) is 4.34. The number of carbonyl (C=O) groups excluding carboxylic acids is 1. The Hall–Kier alpha value is -2.97. The van der Waals surface area contributed by atoms with Gasteiger partial charge in [-0.2, -0.15) is 4.98 Å². The quantitative estimate of drug-likeness (QED) is 0.534. The molecule has 1 aliphatic rings. The molecule has 1 aliphatic heterocycles. The first-order chi connectivity index (χ1) is 13.2. The molecule has 0 spiro atoms. The number of carbonyl (C=O) groups is 1. The average Bonchev–Trinajstić information content (AvgIpc) is 2.94. The summed E-state index contributed by atoms with van der Waals surface area (Å²) in [6.07, 6.45) is 2.91. The number of amides is 1. The molecule has 3 aromatic heterocycles. The lowest BCUT2D eigenvalue weighted by atomic mass is 10.1. The summed E-state index contributed by atoms with van der Waals surface area (Å²) in [5.74, 6) is 0.625. The zero-order chi connectivity index (χ0) is 18.4. The van der Waals surface area contributed by atoms with Gasteiger partial charge >= 0.3 is 0 Å². The van der Waals surface area contributed by atoms with Crippen LogP contribution in [0, 0.1) is 0 Å². The summed E-state index contributed by atoms with van der Waals surface area (Å²) < 4.78 is 6.70. The molecule has 1 aromatic carbocycles.